The van der Waals surface area contributed by atoms with Gasteiger partial charge in [-0.2, -0.15) is 18.2 Å². The molecule has 0 saturated carbocycles. The molecule has 3 heterocycles. The Morgan fingerprint density at radius 2 is 1.89 bits per heavy atom. The minimum atomic E-state index is -4.47. The van der Waals surface area contributed by atoms with Crippen molar-refractivity contribution in [2.75, 3.05) is 34.8 Å². The van der Waals surface area contributed by atoms with Crippen molar-refractivity contribution in [2.24, 2.45) is 0 Å². The Hall–Kier alpha value is -3.70. The molecule has 1 aromatic carbocycles. The molecule has 0 radical (unpaired) electrons. The van der Waals surface area contributed by atoms with Crippen LogP contribution in [0.2, 0.25) is 0 Å². The van der Waals surface area contributed by atoms with E-state index in [1.807, 2.05) is 13.8 Å². The number of urea groups is 1. The van der Waals surface area contributed by atoms with E-state index in [9.17, 15) is 27.6 Å². The number of benzene rings is 1. The molecule has 0 unspecified atom stereocenters. The fourth-order valence-corrected chi connectivity index (χ4v) is 4.73. The molecule has 2 aliphatic rings. The molecule has 0 aliphatic carbocycles. The lowest BCUT2D eigenvalue weighted by molar-refractivity contribution is -0.127. The van der Waals surface area contributed by atoms with Crippen molar-refractivity contribution in [1.29, 1.82) is 0 Å². The van der Waals surface area contributed by atoms with Crippen LogP contribution in [0, 0.1) is 0 Å². The molecule has 2 atom stereocenters. The Morgan fingerprint density at radius 3 is 2.49 bits per heavy atom. The van der Waals surface area contributed by atoms with Crippen LogP contribution in [0.4, 0.5) is 35.4 Å². The molecule has 37 heavy (non-hydrogen) atoms. The number of fused-ring (bicyclic) bond motifs is 1. The van der Waals surface area contributed by atoms with Gasteiger partial charge in [0, 0.05) is 31.4 Å². The van der Waals surface area contributed by atoms with Crippen LogP contribution in [-0.2, 0) is 22.4 Å². The van der Waals surface area contributed by atoms with Crippen molar-refractivity contribution in [3.8, 4) is 0 Å². The Balaban J connectivity index is 1.51. The van der Waals surface area contributed by atoms with Gasteiger partial charge in [0.1, 0.15) is 18.1 Å². The lowest BCUT2D eigenvalue weighted by atomic mass is 10.1. The second-order valence-corrected chi connectivity index (χ2v) is 9.07. The number of halogens is 3. The molecule has 4 rings (SSSR count). The van der Waals surface area contributed by atoms with Gasteiger partial charge in [-0.3, -0.25) is 4.79 Å². The van der Waals surface area contributed by atoms with E-state index in [2.05, 4.69) is 15.3 Å². The molecule has 2 fully saturated rings. The highest BCUT2D eigenvalue weighted by Crippen LogP contribution is 2.32. The zero-order valence-corrected chi connectivity index (χ0v) is 20.7. The molecule has 198 valence electrons. The van der Waals surface area contributed by atoms with Gasteiger partial charge in [0.25, 0.3) is 5.91 Å². The standard InChI is InChI=1S/C25H29F3N6O3/c1-3-32(4-2)23-29-14-17(13-25(26,27)28)21(31-23)30-18(15-35)12-16-7-9-19(10-8-16)34-22(36)20-6-5-11-33(20)24(34)37/h7-10,14-15,18,20H,3-6,11-13H2,1-2H3,(H,29,30,31)/t18-,20-/m0/s1. The van der Waals surface area contributed by atoms with E-state index in [0.717, 1.165) is 12.6 Å². The molecule has 12 heteroatoms. The quantitative estimate of drug-likeness (QED) is 0.379. The summed E-state index contributed by atoms with van der Waals surface area (Å²) in [6, 6.07) is 5.04. The SMILES string of the molecule is CCN(CC)c1ncc(CC(F)(F)F)c(N[C@H](C=O)Cc2ccc(N3C(=O)[C@@H]4CCCN4C3=O)cc2)n1. The number of nitrogens with one attached hydrogen (secondary N) is 1. The van der Waals surface area contributed by atoms with Gasteiger partial charge < -0.3 is 19.9 Å². The number of amides is 3. The van der Waals surface area contributed by atoms with Crippen LogP contribution in [0.25, 0.3) is 0 Å². The summed E-state index contributed by atoms with van der Waals surface area (Å²) in [5.41, 5.74) is 0.983. The van der Waals surface area contributed by atoms with Crippen molar-refractivity contribution in [1.82, 2.24) is 14.9 Å². The summed E-state index contributed by atoms with van der Waals surface area (Å²) in [7, 11) is 0. The molecule has 3 amide bonds. The fourth-order valence-electron chi connectivity index (χ4n) is 4.73. The van der Waals surface area contributed by atoms with Crippen LogP contribution in [0.5, 0.6) is 0 Å². The third-order valence-electron chi connectivity index (χ3n) is 6.62. The van der Waals surface area contributed by atoms with Crippen LogP contribution in [0.1, 0.15) is 37.8 Å². The molecular formula is C25H29F3N6O3. The van der Waals surface area contributed by atoms with Crippen LogP contribution in [-0.4, -0.2) is 71.0 Å². The average Bonchev–Trinajstić information content (AvgIpc) is 3.44. The van der Waals surface area contributed by atoms with E-state index in [-0.39, 0.29) is 35.7 Å². The van der Waals surface area contributed by atoms with Crippen molar-refractivity contribution in [2.45, 2.75) is 57.8 Å². The average molecular weight is 519 g/mol. The number of hydrogen-bond acceptors (Lipinski definition) is 7. The molecule has 0 spiro atoms. The van der Waals surface area contributed by atoms with Gasteiger partial charge in [-0.05, 0) is 50.8 Å². The first kappa shape index (κ1) is 26.4. The normalized spacial score (nSPS) is 18.2. The van der Waals surface area contributed by atoms with Crippen molar-refractivity contribution in [3.63, 3.8) is 0 Å². The predicted octanol–water partition coefficient (Wildman–Crippen LogP) is 3.58. The first-order valence-corrected chi connectivity index (χ1v) is 12.3. The third kappa shape index (κ3) is 5.67. The summed E-state index contributed by atoms with van der Waals surface area (Å²) in [6.45, 7) is 5.46. The summed E-state index contributed by atoms with van der Waals surface area (Å²) >= 11 is 0. The summed E-state index contributed by atoms with van der Waals surface area (Å²) in [6.07, 6.45) is -2.32. The van der Waals surface area contributed by atoms with E-state index in [4.69, 9.17) is 0 Å². The lowest BCUT2D eigenvalue weighted by Crippen LogP contribution is -2.33. The number of nitrogens with zero attached hydrogens (tertiary/aromatic N) is 5. The summed E-state index contributed by atoms with van der Waals surface area (Å²) in [5, 5.41) is 2.85. The monoisotopic (exact) mass is 518 g/mol. The number of hydrogen-bond donors (Lipinski definition) is 1. The van der Waals surface area contributed by atoms with Gasteiger partial charge in [0.2, 0.25) is 5.95 Å². The highest BCUT2D eigenvalue weighted by atomic mass is 19.4. The molecule has 1 aromatic heterocycles. The van der Waals surface area contributed by atoms with Crippen molar-refractivity contribution < 1.29 is 27.6 Å². The van der Waals surface area contributed by atoms with Gasteiger partial charge in [0.05, 0.1) is 18.2 Å². The Kier molecular flexibility index (Phi) is 7.65. The third-order valence-corrected chi connectivity index (χ3v) is 6.62. The molecule has 2 aliphatic heterocycles. The number of imide groups is 1. The highest BCUT2D eigenvalue weighted by molar-refractivity contribution is 6.21. The second-order valence-electron chi connectivity index (χ2n) is 9.07. The first-order valence-electron chi connectivity index (χ1n) is 12.3. The Labute approximate surface area is 212 Å². The number of alkyl halides is 3. The van der Waals surface area contributed by atoms with Gasteiger partial charge in [0.15, 0.2) is 0 Å². The molecular weight excluding hydrogens is 489 g/mol. The number of aromatic nitrogens is 2. The number of aldehydes is 1. The molecule has 2 aromatic rings. The van der Waals surface area contributed by atoms with E-state index in [0.29, 0.717) is 43.6 Å². The number of carbonyl (C=O) groups excluding carboxylic acids is 3. The summed E-state index contributed by atoms with van der Waals surface area (Å²) in [4.78, 5) is 50.1. The Morgan fingerprint density at radius 1 is 1.19 bits per heavy atom. The van der Waals surface area contributed by atoms with Gasteiger partial charge >= 0.3 is 12.2 Å². The largest absolute Gasteiger partial charge is 0.393 e. The second kappa shape index (κ2) is 10.7. The van der Waals surface area contributed by atoms with Gasteiger partial charge in [-0.1, -0.05) is 12.1 Å². The number of anilines is 3. The predicted molar refractivity (Wildman–Crippen MR) is 132 cm³/mol. The molecule has 0 bridgehead atoms. The maximum Gasteiger partial charge on any atom is 0.393 e. The van der Waals surface area contributed by atoms with E-state index < -0.39 is 24.7 Å². The van der Waals surface area contributed by atoms with Crippen molar-refractivity contribution in [3.05, 3.63) is 41.6 Å². The zero-order valence-electron chi connectivity index (χ0n) is 20.7. The van der Waals surface area contributed by atoms with Crippen LogP contribution >= 0.6 is 0 Å². The zero-order chi connectivity index (χ0) is 26.7. The molecule has 2 saturated heterocycles. The topological polar surface area (TPSA) is 98.7 Å². The minimum Gasteiger partial charge on any atom is -0.360 e. The summed E-state index contributed by atoms with van der Waals surface area (Å²) in [5.74, 6) is -0.0164. The first-order chi connectivity index (χ1) is 17.6. The molecule has 1 N–H and O–H groups in total. The van der Waals surface area contributed by atoms with Gasteiger partial charge in [-0.25, -0.2) is 14.7 Å². The number of rotatable bonds is 10. The van der Waals surface area contributed by atoms with E-state index in [1.54, 1.807) is 34.1 Å². The van der Waals surface area contributed by atoms with E-state index in [1.165, 1.54) is 4.90 Å². The maximum atomic E-state index is 13.2. The molecule has 9 nitrogen and oxygen atoms in total. The van der Waals surface area contributed by atoms with Crippen LogP contribution in [0.3, 0.4) is 0 Å². The van der Waals surface area contributed by atoms with Gasteiger partial charge in [-0.15, -0.1) is 0 Å². The number of carbonyl (C=O) groups is 3. The van der Waals surface area contributed by atoms with Crippen molar-refractivity contribution >= 4 is 35.7 Å². The smallest absolute Gasteiger partial charge is 0.360 e. The van der Waals surface area contributed by atoms with Crippen LogP contribution in [0.15, 0.2) is 30.5 Å². The lowest BCUT2D eigenvalue weighted by Gasteiger charge is -2.22. The van der Waals surface area contributed by atoms with Crippen LogP contribution < -0.4 is 15.1 Å². The summed E-state index contributed by atoms with van der Waals surface area (Å²) < 4.78 is 39.5. The minimum absolute atomic E-state index is 0.0446. The Bertz CT molecular complexity index is 1130. The highest BCUT2D eigenvalue weighted by Gasteiger charge is 2.47. The van der Waals surface area contributed by atoms with E-state index >= 15 is 0 Å². The maximum absolute atomic E-state index is 13.2. The fraction of sp³-hybridized carbons (Fsp3) is 0.480.